The number of rotatable bonds is 4. The Hall–Kier alpha value is -1.43. The lowest BCUT2D eigenvalue weighted by molar-refractivity contribution is -0.385. The van der Waals surface area contributed by atoms with E-state index in [4.69, 9.17) is 0 Å². The van der Waals surface area contributed by atoms with Crippen LogP contribution in [0.2, 0.25) is 0 Å². The molecule has 0 aliphatic heterocycles. The molecule has 0 bridgehead atoms. The predicted octanol–water partition coefficient (Wildman–Crippen LogP) is 2.38. The first-order valence-electron chi connectivity index (χ1n) is 5.02. The molecule has 0 atom stereocenters. The largest absolute Gasteiger partial charge is 0.351 e. The van der Waals surface area contributed by atoms with Gasteiger partial charge in [-0.25, -0.2) is 0 Å². The third-order valence-electron chi connectivity index (χ3n) is 2.17. The summed E-state index contributed by atoms with van der Waals surface area (Å²) < 4.78 is -0.684. The Morgan fingerprint density at radius 3 is 2.59 bits per heavy atom. The minimum absolute atomic E-state index is 0.0141. The van der Waals surface area contributed by atoms with Gasteiger partial charge in [-0.1, -0.05) is 34.1 Å². The standard InChI is InChI=1S/C11H13BrN2O3/c1-11(2,12)10(15)13-7-8-5-3-4-6-9(8)14(16)17/h3-6H,7H2,1-2H3,(H,13,15). The van der Waals surface area contributed by atoms with E-state index in [1.807, 2.05) is 0 Å². The molecule has 92 valence electrons. The number of halogens is 1. The van der Waals surface area contributed by atoms with Crippen LogP contribution in [0.15, 0.2) is 24.3 Å². The van der Waals surface area contributed by atoms with Crippen LogP contribution in [-0.2, 0) is 11.3 Å². The number of nitro benzene ring substituents is 1. The smallest absolute Gasteiger partial charge is 0.274 e. The van der Waals surface area contributed by atoms with Gasteiger partial charge in [-0.15, -0.1) is 0 Å². The van der Waals surface area contributed by atoms with E-state index < -0.39 is 9.25 Å². The van der Waals surface area contributed by atoms with Gasteiger partial charge in [0.2, 0.25) is 5.91 Å². The number of nitrogens with zero attached hydrogens (tertiary/aromatic N) is 1. The van der Waals surface area contributed by atoms with Gasteiger partial charge in [0.1, 0.15) is 0 Å². The van der Waals surface area contributed by atoms with E-state index >= 15 is 0 Å². The van der Waals surface area contributed by atoms with Gasteiger partial charge in [-0.3, -0.25) is 14.9 Å². The first-order chi connectivity index (χ1) is 7.82. The molecule has 6 heteroatoms. The minimum Gasteiger partial charge on any atom is -0.351 e. The minimum atomic E-state index is -0.684. The quantitative estimate of drug-likeness (QED) is 0.527. The van der Waals surface area contributed by atoms with Crippen molar-refractivity contribution >= 4 is 27.5 Å². The summed E-state index contributed by atoms with van der Waals surface area (Å²) in [5, 5.41) is 13.4. The van der Waals surface area contributed by atoms with Crippen LogP contribution in [0.1, 0.15) is 19.4 Å². The monoisotopic (exact) mass is 300 g/mol. The third-order valence-corrected chi connectivity index (χ3v) is 2.53. The van der Waals surface area contributed by atoms with Crippen LogP contribution in [0.25, 0.3) is 0 Å². The van der Waals surface area contributed by atoms with Crippen molar-refractivity contribution in [3.63, 3.8) is 0 Å². The van der Waals surface area contributed by atoms with Gasteiger partial charge < -0.3 is 5.32 Å². The van der Waals surface area contributed by atoms with Gasteiger partial charge >= 0.3 is 0 Å². The van der Waals surface area contributed by atoms with E-state index in [1.54, 1.807) is 32.0 Å². The molecule has 0 heterocycles. The number of benzene rings is 1. The summed E-state index contributed by atoms with van der Waals surface area (Å²) in [6, 6.07) is 6.34. The highest BCUT2D eigenvalue weighted by Gasteiger charge is 2.23. The number of alkyl halides is 1. The first kappa shape index (κ1) is 13.6. The zero-order chi connectivity index (χ0) is 13.1. The van der Waals surface area contributed by atoms with Crippen molar-refractivity contribution in [3.8, 4) is 0 Å². The molecule has 1 rings (SSSR count). The number of amides is 1. The molecular formula is C11H13BrN2O3. The molecule has 1 amide bonds. The van der Waals surface area contributed by atoms with Crippen LogP contribution < -0.4 is 5.32 Å². The van der Waals surface area contributed by atoms with E-state index in [2.05, 4.69) is 21.2 Å². The molecule has 17 heavy (non-hydrogen) atoms. The fourth-order valence-electron chi connectivity index (χ4n) is 1.22. The molecule has 0 aliphatic carbocycles. The molecule has 0 radical (unpaired) electrons. The SMILES string of the molecule is CC(C)(Br)C(=O)NCc1ccccc1[N+](=O)[O-]. The van der Waals surface area contributed by atoms with Crippen LogP contribution in [0.3, 0.4) is 0 Å². The Morgan fingerprint density at radius 1 is 1.47 bits per heavy atom. The highest BCUT2D eigenvalue weighted by atomic mass is 79.9. The maximum atomic E-state index is 11.6. The van der Waals surface area contributed by atoms with Crippen molar-refractivity contribution < 1.29 is 9.72 Å². The Labute approximate surface area is 107 Å². The number of nitrogens with one attached hydrogen (secondary N) is 1. The summed E-state index contributed by atoms with van der Waals surface area (Å²) in [6.07, 6.45) is 0. The normalized spacial score (nSPS) is 11.0. The summed E-state index contributed by atoms with van der Waals surface area (Å²) in [5.74, 6) is -0.212. The van der Waals surface area contributed by atoms with Crippen LogP contribution in [0.5, 0.6) is 0 Å². The maximum Gasteiger partial charge on any atom is 0.274 e. The average Bonchev–Trinajstić information content (AvgIpc) is 2.24. The molecule has 1 N–H and O–H groups in total. The molecule has 0 saturated carbocycles. The number of hydrogen-bond donors (Lipinski definition) is 1. The van der Waals surface area contributed by atoms with Gasteiger partial charge in [0.15, 0.2) is 0 Å². The molecule has 0 unspecified atom stereocenters. The number of hydrogen-bond acceptors (Lipinski definition) is 3. The number of para-hydroxylation sites is 1. The average molecular weight is 301 g/mol. The van der Waals surface area contributed by atoms with E-state index in [1.165, 1.54) is 6.07 Å². The highest BCUT2D eigenvalue weighted by Crippen LogP contribution is 2.19. The maximum absolute atomic E-state index is 11.6. The lowest BCUT2D eigenvalue weighted by Crippen LogP contribution is -2.37. The fraction of sp³-hybridized carbons (Fsp3) is 0.364. The van der Waals surface area contributed by atoms with Gasteiger partial charge in [-0.05, 0) is 13.8 Å². The second-order valence-corrected chi connectivity index (χ2v) is 6.02. The van der Waals surface area contributed by atoms with Crippen molar-refractivity contribution in [2.24, 2.45) is 0 Å². The summed E-state index contributed by atoms with van der Waals surface area (Å²) in [4.78, 5) is 21.9. The van der Waals surface area contributed by atoms with E-state index in [0.29, 0.717) is 5.56 Å². The van der Waals surface area contributed by atoms with E-state index in [9.17, 15) is 14.9 Å². The van der Waals surface area contributed by atoms with Gasteiger partial charge in [0, 0.05) is 18.2 Å². The Kier molecular flexibility index (Phi) is 4.22. The highest BCUT2D eigenvalue weighted by molar-refractivity contribution is 9.10. The predicted molar refractivity (Wildman–Crippen MR) is 67.9 cm³/mol. The molecule has 1 aromatic carbocycles. The van der Waals surface area contributed by atoms with Crippen molar-refractivity contribution in [2.45, 2.75) is 24.7 Å². The molecule has 0 saturated heterocycles. The van der Waals surface area contributed by atoms with Gasteiger partial charge in [0.25, 0.3) is 5.69 Å². The van der Waals surface area contributed by atoms with Crippen LogP contribution in [0, 0.1) is 10.1 Å². The fourth-order valence-corrected chi connectivity index (χ4v) is 1.36. The summed E-state index contributed by atoms with van der Waals surface area (Å²) in [6.45, 7) is 3.56. The topological polar surface area (TPSA) is 72.2 Å². The molecule has 0 fully saturated rings. The number of carbonyl (C=O) groups excluding carboxylic acids is 1. The molecule has 0 spiro atoms. The number of nitro groups is 1. The Morgan fingerprint density at radius 2 is 2.06 bits per heavy atom. The zero-order valence-corrected chi connectivity index (χ0v) is 11.2. The molecule has 5 nitrogen and oxygen atoms in total. The Bertz CT molecular complexity index is 441. The second-order valence-electron chi connectivity index (χ2n) is 4.04. The summed E-state index contributed by atoms with van der Waals surface area (Å²) >= 11 is 3.22. The van der Waals surface area contributed by atoms with Crippen LogP contribution in [-0.4, -0.2) is 15.2 Å². The van der Waals surface area contributed by atoms with Crippen LogP contribution in [0.4, 0.5) is 5.69 Å². The van der Waals surface area contributed by atoms with Crippen molar-refractivity contribution in [2.75, 3.05) is 0 Å². The van der Waals surface area contributed by atoms with Gasteiger partial charge in [-0.2, -0.15) is 0 Å². The lowest BCUT2D eigenvalue weighted by Gasteiger charge is -2.15. The molecule has 0 aromatic heterocycles. The van der Waals surface area contributed by atoms with Crippen LogP contribution >= 0.6 is 15.9 Å². The van der Waals surface area contributed by atoms with Crippen molar-refractivity contribution in [1.82, 2.24) is 5.32 Å². The summed E-state index contributed by atoms with van der Waals surface area (Å²) in [5.41, 5.74) is 0.503. The molecule has 0 aliphatic rings. The molecular weight excluding hydrogens is 288 g/mol. The number of carbonyl (C=O) groups is 1. The van der Waals surface area contributed by atoms with E-state index in [0.717, 1.165) is 0 Å². The lowest BCUT2D eigenvalue weighted by atomic mass is 10.1. The Balaban J connectivity index is 2.77. The molecule has 1 aromatic rings. The third kappa shape index (κ3) is 3.81. The second kappa shape index (κ2) is 5.27. The summed E-state index contributed by atoms with van der Waals surface area (Å²) in [7, 11) is 0. The van der Waals surface area contributed by atoms with E-state index in [-0.39, 0.29) is 18.1 Å². The van der Waals surface area contributed by atoms with Crippen molar-refractivity contribution in [3.05, 3.63) is 39.9 Å². The zero-order valence-electron chi connectivity index (χ0n) is 9.57. The van der Waals surface area contributed by atoms with Crippen molar-refractivity contribution in [1.29, 1.82) is 0 Å². The first-order valence-corrected chi connectivity index (χ1v) is 5.81. The van der Waals surface area contributed by atoms with Gasteiger partial charge in [0.05, 0.1) is 9.25 Å².